The highest BCUT2D eigenvalue weighted by atomic mass is 127. The SMILES string of the molecule is CC[C@H](C)c1ccc(S(=O)(=O)Nc2ncccc2I)cc1. The van der Waals surface area contributed by atoms with Crippen molar-refractivity contribution < 1.29 is 8.42 Å². The number of nitrogens with one attached hydrogen (secondary N) is 1. The molecule has 0 saturated carbocycles. The van der Waals surface area contributed by atoms with Gasteiger partial charge in [-0.15, -0.1) is 0 Å². The molecular weight excluding hydrogens is 399 g/mol. The summed E-state index contributed by atoms with van der Waals surface area (Å²) in [6.07, 6.45) is 2.59. The highest BCUT2D eigenvalue weighted by Gasteiger charge is 2.16. The Labute approximate surface area is 139 Å². The predicted molar refractivity (Wildman–Crippen MR) is 92.9 cm³/mol. The third kappa shape index (κ3) is 3.94. The van der Waals surface area contributed by atoms with Crippen molar-refractivity contribution in [3.8, 4) is 0 Å². The third-order valence-electron chi connectivity index (χ3n) is 3.36. The maximum absolute atomic E-state index is 12.4. The number of aromatic nitrogens is 1. The highest BCUT2D eigenvalue weighted by molar-refractivity contribution is 14.1. The van der Waals surface area contributed by atoms with Crippen LogP contribution in [0.25, 0.3) is 0 Å². The molecule has 6 heteroatoms. The van der Waals surface area contributed by atoms with E-state index in [2.05, 4.69) is 23.6 Å². The molecule has 0 bridgehead atoms. The largest absolute Gasteiger partial charge is 0.263 e. The first-order valence-corrected chi connectivity index (χ1v) is 9.23. The van der Waals surface area contributed by atoms with Gasteiger partial charge in [0.2, 0.25) is 0 Å². The minimum Gasteiger partial charge on any atom is -0.262 e. The maximum Gasteiger partial charge on any atom is 0.263 e. The zero-order valence-electron chi connectivity index (χ0n) is 11.9. The van der Waals surface area contributed by atoms with Crippen LogP contribution in [0, 0.1) is 3.57 Å². The quantitative estimate of drug-likeness (QED) is 0.750. The van der Waals surface area contributed by atoms with Crippen molar-refractivity contribution in [2.24, 2.45) is 0 Å². The number of pyridine rings is 1. The van der Waals surface area contributed by atoms with Crippen LogP contribution in [0.5, 0.6) is 0 Å². The lowest BCUT2D eigenvalue weighted by atomic mass is 9.99. The lowest BCUT2D eigenvalue weighted by molar-refractivity contribution is 0.601. The number of nitrogens with zero attached hydrogens (tertiary/aromatic N) is 1. The van der Waals surface area contributed by atoms with E-state index in [1.165, 1.54) is 0 Å². The number of hydrogen-bond acceptors (Lipinski definition) is 3. The predicted octanol–water partition coefficient (Wildman–Crippen LogP) is 4.00. The van der Waals surface area contributed by atoms with Gasteiger partial charge in [0, 0.05) is 6.20 Å². The molecule has 0 radical (unpaired) electrons. The van der Waals surface area contributed by atoms with Crippen molar-refractivity contribution in [2.75, 3.05) is 4.72 Å². The van der Waals surface area contributed by atoms with Gasteiger partial charge in [0.25, 0.3) is 10.0 Å². The molecule has 0 unspecified atom stereocenters. The molecule has 1 aromatic heterocycles. The second-order valence-corrected chi connectivity index (χ2v) is 7.66. The second kappa shape index (κ2) is 6.74. The molecule has 0 saturated heterocycles. The summed E-state index contributed by atoms with van der Waals surface area (Å²) in [6, 6.07) is 10.6. The molecule has 0 amide bonds. The van der Waals surface area contributed by atoms with Crippen LogP contribution in [0.3, 0.4) is 0 Å². The molecule has 4 nitrogen and oxygen atoms in total. The molecule has 112 valence electrons. The molecule has 1 aromatic carbocycles. The standard InChI is InChI=1S/C15H17IN2O2S/c1-3-11(2)12-6-8-13(9-7-12)21(19,20)18-15-14(16)5-4-10-17-15/h4-11H,3H2,1-2H3,(H,17,18)/t11-/m0/s1. The van der Waals surface area contributed by atoms with Crippen molar-refractivity contribution in [2.45, 2.75) is 31.1 Å². The van der Waals surface area contributed by atoms with Crippen LogP contribution in [-0.2, 0) is 10.0 Å². The van der Waals surface area contributed by atoms with Gasteiger partial charge in [-0.3, -0.25) is 4.72 Å². The van der Waals surface area contributed by atoms with Crippen molar-refractivity contribution >= 4 is 38.4 Å². The molecule has 1 atom stereocenters. The van der Waals surface area contributed by atoms with Crippen LogP contribution in [0.2, 0.25) is 0 Å². The molecule has 0 aliphatic heterocycles. The normalized spacial score (nSPS) is 12.9. The highest BCUT2D eigenvalue weighted by Crippen LogP contribution is 2.22. The second-order valence-electron chi connectivity index (χ2n) is 4.82. The Hall–Kier alpha value is -1.15. The number of halogens is 1. The average Bonchev–Trinajstić information content (AvgIpc) is 2.49. The van der Waals surface area contributed by atoms with Gasteiger partial charge in [0.15, 0.2) is 5.82 Å². The number of benzene rings is 1. The lowest BCUT2D eigenvalue weighted by Crippen LogP contribution is -2.14. The van der Waals surface area contributed by atoms with Crippen molar-refractivity contribution in [1.29, 1.82) is 0 Å². The van der Waals surface area contributed by atoms with Crippen molar-refractivity contribution in [3.05, 3.63) is 51.7 Å². The van der Waals surface area contributed by atoms with Gasteiger partial charge in [-0.1, -0.05) is 26.0 Å². The summed E-state index contributed by atoms with van der Waals surface area (Å²) >= 11 is 2.05. The van der Waals surface area contributed by atoms with E-state index in [4.69, 9.17) is 0 Å². The van der Waals surface area contributed by atoms with Crippen LogP contribution in [0.1, 0.15) is 31.7 Å². The number of hydrogen-bond donors (Lipinski definition) is 1. The molecular formula is C15H17IN2O2S. The smallest absolute Gasteiger partial charge is 0.262 e. The summed E-state index contributed by atoms with van der Waals surface area (Å²) in [5, 5.41) is 0. The fraction of sp³-hybridized carbons (Fsp3) is 0.267. The molecule has 2 rings (SSSR count). The van der Waals surface area contributed by atoms with Gasteiger partial charge in [0.1, 0.15) is 0 Å². The summed E-state index contributed by atoms with van der Waals surface area (Å²) in [4.78, 5) is 4.30. The number of sulfonamides is 1. The maximum atomic E-state index is 12.4. The van der Waals surface area contributed by atoms with Crippen molar-refractivity contribution in [3.63, 3.8) is 0 Å². The molecule has 21 heavy (non-hydrogen) atoms. The van der Waals surface area contributed by atoms with E-state index in [9.17, 15) is 8.42 Å². The van der Waals surface area contributed by atoms with Crippen LogP contribution in [-0.4, -0.2) is 13.4 Å². The first kappa shape index (κ1) is 16.2. The minimum absolute atomic E-state index is 0.246. The Kier molecular flexibility index (Phi) is 5.21. The fourth-order valence-electron chi connectivity index (χ4n) is 1.86. The van der Waals surface area contributed by atoms with E-state index >= 15 is 0 Å². The van der Waals surface area contributed by atoms with E-state index in [1.54, 1.807) is 30.5 Å². The molecule has 2 aromatic rings. The van der Waals surface area contributed by atoms with E-state index in [1.807, 2.05) is 34.7 Å². The molecule has 0 spiro atoms. The number of rotatable bonds is 5. The van der Waals surface area contributed by atoms with E-state index in [-0.39, 0.29) is 4.90 Å². The van der Waals surface area contributed by atoms with E-state index in [0.29, 0.717) is 11.7 Å². The monoisotopic (exact) mass is 416 g/mol. The van der Waals surface area contributed by atoms with Gasteiger partial charge in [-0.2, -0.15) is 0 Å². The van der Waals surface area contributed by atoms with Crippen LogP contribution in [0.15, 0.2) is 47.5 Å². The summed E-state index contributed by atoms with van der Waals surface area (Å²) in [5.41, 5.74) is 1.14. The number of anilines is 1. The van der Waals surface area contributed by atoms with Gasteiger partial charge in [-0.05, 0) is 64.8 Å². The third-order valence-corrected chi connectivity index (χ3v) is 5.59. The average molecular weight is 416 g/mol. The summed E-state index contributed by atoms with van der Waals surface area (Å²) in [5.74, 6) is 0.774. The van der Waals surface area contributed by atoms with Gasteiger partial charge in [-0.25, -0.2) is 13.4 Å². The molecule has 0 aliphatic rings. The van der Waals surface area contributed by atoms with E-state index < -0.39 is 10.0 Å². The minimum atomic E-state index is -3.60. The molecule has 1 N–H and O–H groups in total. The lowest BCUT2D eigenvalue weighted by Gasteiger charge is -2.11. The summed E-state index contributed by atoms with van der Waals surface area (Å²) < 4.78 is 28.0. The Bertz CT molecular complexity index is 715. The Balaban J connectivity index is 2.26. The zero-order chi connectivity index (χ0) is 15.5. The molecule has 0 aliphatic carbocycles. The van der Waals surface area contributed by atoms with Crippen LogP contribution >= 0.6 is 22.6 Å². The van der Waals surface area contributed by atoms with Gasteiger partial charge in [0.05, 0.1) is 8.47 Å². The molecule has 1 heterocycles. The first-order valence-electron chi connectivity index (χ1n) is 6.67. The van der Waals surface area contributed by atoms with Crippen LogP contribution < -0.4 is 4.72 Å². The Morgan fingerprint density at radius 3 is 2.48 bits per heavy atom. The molecule has 0 fully saturated rings. The van der Waals surface area contributed by atoms with Gasteiger partial charge >= 0.3 is 0 Å². The Morgan fingerprint density at radius 1 is 1.24 bits per heavy atom. The zero-order valence-corrected chi connectivity index (χ0v) is 14.8. The summed E-state index contributed by atoms with van der Waals surface area (Å²) in [6.45, 7) is 4.23. The topological polar surface area (TPSA) is 59.1 Å². The Morgan fingerprint density at radius 2 is 1.90 bits per heavy atom. The first-order chi connectivity index (χ1) is 9.94. The fourth-order valence-corrected chi connectivity index (χ4v) is 3.55. The van der Waals surface area contributed by atoms with E-state index in [0.717, 1.165) is 15.6 Å². The van der Waals surface area contributed by atoms with Gasteiger partial charge < -0.3 is 0 Å². The summed E-state index contributed by atoms with van der Waals surface area (Å²) in [7, 11) is -3.60. The van der Waals surface area contributed by atoms with Crippen molar-refractivity contribution in [1.82, 2.24) is 4.98 Å². The van der Waals surface area contributed by atoms with Crippen LogP contribution in [0.4, 0.5) is 5.82 Å².